The molecule has 0 bridgehead atoms. The Kier molecular flexibility index (Phi) is 6.18. The van der Waals surface area contributed by atoms with Gasteiger partial charge in [0.05, 0.1) is 0 Å². The van der Waals surface area contributed by atoms with E-state index in [4.69, 9.17) is 0 Å². The number of thioether (sulfide) groups is 1. The maximum Gasteiger partial charge on any atom is 0.0252 e. The molecule has 0 N–H and O–H groups in total. The van der Waals surface area contributed by atoms with Crippen molar-refractivity contribution in [3.8, 4) is 22.3 Å². The molecule has 0 spiro atoms. The summed E-state index contributed by atoms with van der Waals surface area (Å²) in [5, 5.41) is 1.86. The van der Waals surface area contributed by atoms with E-state index in [-0.39, 0.29) is 0 Å². The van der Waals surface area contributed by atoms with Crippen molar-refractivity contribution in [1.82, 2.24) is 4.90 Å². The molecule has 2 saturated heterocycles. The SMILES string of the molecule is c1ccc(-c2cccc(-c3cccc(C4CCC5C(C4)C4CCCC6SC7CCCCC7N5C64)c3)c2)cc1. The molecule has 8 rings (SSSR count). The molecular weight excluding hydrogens is 478 g/mol. The Labute approximate surface area is 233 Å². The number of hydrogen-bond donors (Lipinski definition) is 0. The molecule has 3 saturated carbocycles. The molecule has 0 aromatic heterocycles. The summed E-state index contributed by atoms with van der Waals surface area (Å²) in [5.41, 5.74) is 6.92. The molecule has 8 unspecified atom stereocenters. The summed E-state index contributed by atoms with van der Waals surface area (Å²) in [7, 11) is 0. The maximum atomic E-state index is 3.20. The third-order valence-electron chi connectivity index (χ3n) is 11.0. The van der Waals surface area contributed by atoms with Crippen molar-refractivity contribution in [2.24, 2.45) is 11.8 Å². The lowest BCUT2D eigenvalue weighted by molar-refractivity contribution is 0.0606. The van der Waals surface area contributed by atoms with Crippen LogP contribution in [0.2, 0.25) is 0 Å². The van der Waals surface area contributed by atoms with E-state index in [2.05, 4.69) is 95.5 Å². The largest absolute Gasteiger partial charge is 0.292 e. The van der Waals surface area contributed by atoms with Crippen LogP contribution in [0.15, 0.2) is 78.9 Å². The molecule has 2 heterocycles. The lowest BCUT2D eigenvalue weighted by Crippen LogP contribution is -2.59. The van der Waals surface area contributed by atoms with Crippen molar-refractivity contribution in [3.63, 3.8) is 0 Å². The van der Waals surface area contributed by atoms with Crippen LogP contribution >= 0.6 is 11.8 Å². The van der Waals surface area contributed by atoms with Crippen LogP contribution < -0.4 is 0 Å². The first-order valence-corrected chi connectivity index (χ1v) is 16.5. The fourth-order valence-electron chi connectivity index (χ4n) is 9.49. The molecule has 5 fully saturated rings. The highest BCUT2D eigenvalue weighted by molar-refractivity contribution is 8.00. The highest BCUT2D eigenvalue weighted by Crippen LogP contribution is 2.59. The Morgan fingerprint density at radius 2 is 1.29 bits per heavy atom. The third-order valence-corrected chi connectivity index (χ3v) is 12.8. The fraction of sp³-hybridized carbons (Fsp3) is 0.500. The van der Waals surface area contributed by atoms with Gasteiger partial charge in [-0.05, 0) is 96.6 Å². The second-order valence-corrected chi connectivity index (χ2v) is 14.4. The van der Waals surface area contributed by atoms with Crippen LogP contribution in [0.1, 0.15) is 75.7 Å². The zero-order chi connectivity index (χ0) is 25.1. The predicted octanol–water partition coefficient (Wildman–Crippen LogP) is 9.18. The van der Waals surface area contributed by atoms with Gasteiger partial charge in [0.25, 0.3) is 0 Å². The first-order valence-electron chi connectivity index (χ1n) is 15.5. The van der Waals surface area contributed by atoms with Gasteiger partial charge in [-0.15, -0.1) is 0 Å². The fourth-order valence-corrected chi connectivity index (χ4v) is 11.5. The van der Waals surface area contributed by atoms with Crippen molar-refractivity contribution in [2.75, 3.05) is 0 Å². The summed E-state index contributed by atoms with van der Waals surface area (Å²) in [4.78, 5) is 3.20. The van der Waals surface area contributed by atoms with Crippen LogP contribution in [0.25, 0.3) is 22.3 Å². The van der Waals surface area contributed by atoms with Gasteiger partial charge in [-0.3, -0.25) is 4.90 Å². The summed E-state index contributed by atoms with van der Waals surface area (Å²) < 4.78 is 0. The quantitative estimate of drug-likeness (QED) is 0.339. The average Bonchev–Trinajstić information content (AvgIpc) is 3.33. The monoisotopic (exact) mass is 519 g/mol. The summed E-state index contributed by atoms with van der Waals surface area (Å²) >= 11 is 2.45. The van der Waals surface area contributed by atoms with Crippen LogP contribution in [0.4, 0.5) is 0 Å². The van der Waals surface area contributed by atoms with E-state index in [1.807, 2.05) is 0 Å². The minimum Gasteiger partial charge on any atom is -0.292 e. The van der Waals surface area contributed by atoms with E-state index < -0.39 is 0 Å². The van der Waals surface area contributed by atoms with E-state index >= 15 is 0 Å². The van der Waals surface area contributed by atoms with Crippen LogP contribution in [-0.2, 0) is 0 Å². The summed E-state index contributed by atoms with van der Waals surface area (Å²) in [6.07, 6.45) is 14.6. The molecule has 2 aliphatic heterocycles. The smallest absolute Gasteiger partial charge is 0.0252 e. The third kappa shape index (κ3) is 4.01. The van der Waals surface area contributed by atoms with E-state index in [1.165, 1.54) is 86.5 Å². The molecule has 1 nitrogen and oxygen atoms in total. The molecule has 3 aromatic rings. The topological polar surface area (TPSA) is 3.24 Å². The number of hydrogen-bond acceptors (Lipinski definition) is 2. The number of nitrogens with zero attached hydrogens (tertiary/aromatic N) is 1. The second-order valence-electron chi connectivity index (χ2n) is 12.9. The minimum absolute atomic E-state index is 0.727. The van der Waals surface area contributed by atoms with Crippen molar-refractivity contribution >= 4 is 11.8 Å². The molecule has 3 aliphatic carbocycles. The highest BCUT2D eigenvalue weighted by Gasteiger charge is 2.59. The Bertz CT molecular complexity index is 1290. The predicted molar refractivity (Wildman–Crippen MR) is 162 cm³/mol. The Morgan fingerprint density at radius 1 is 0.553 bits per heavy atom. The molecule has 38 heavy (non-hydrogen) atoms. The zero-order valence-corrected chi connectivity index (χ0v) is 23.4. The summed E-state index contributed by atoms with van der Waals surface area (Å²) in [5.74, 6) is 2.61. The van der Waals surface area contributed by atoms with Gasteiger partial charge in [0.15, 0.2) is 0 Å². The van der Waals surface area contributed by atoms with Gasteiger partial charge in [-0.2, -0.15) is 11.8 Å². The van der Waals surface area contributed by atoms with Crippen LogP contribution in [0, 0.1) is 11.8 Å². The van der Waals surface area contributed by atoms with Crippen LogP contribution in [0.3, 0.4) is 0 Å². The Balaban J connectivity index is 1.06. The van der Waals surface area contributed by atoms with Crippen molar-refractivity contribution in [3.05, 3.63) is 84.4 Å². The molecular formula is C36H41NS. The number of fused-ring (bicyclic) bond motifs is 5. The molecule has 196 valence electrons. The summed E-state index contributed by atoms with van der Waals surface area (Å²) in [6.45, 7) is 0. The number of rotatable bonds is 3. The molecule has 0 amide bonds. The molecule has 8 atom stereocenters. The minimum atomic E-state index is 0.727. The van der Waals surface area contributed by atoms with Crippen LogP contribution in [-0.4, -0.2) is 33.5 Å². The highest BCUT2D eigenvalue weighted by atomic mass is 32.2. The Hall–Kier alpha value is -2.03. The molecule has 0 radical (unpaired) electrons. The number of benzene rings is 3. The van der Waals surface area contributed by atoms with Crippen LogP contribution in [0.5, 0.6) is 0 Å². The van der Waals surface area contributed by atoms with Gasteiger partial charge in [0.1, 0.15) is 0 Å². The lowest BCUT2D eigenvalue weighted by atomic mass is 9.69. The molecule has 3 aromatic carbocycles. The van der Waals surface area contributed by atoms with Gasteiger partial charge in [0.2, 0.25) is 0 Å². The second kappa shape index (κ2) is 9.86. The van der Waals surface area contributed by atoms with Gasteiger partial charge in [-0.25, -0.2) is 0 Å². The Morgan fingerprint density at radius 3 is 2.18 bits per heavy atom. The standard InChI is InChI=1S/C36H41NS/c1-2-9-24(10-3-1)25-11-6-12-26(21-25)27-13-7-14-28(22-27)29-19-20-32-31(23-29)30-15-8-18-35-36(30)37(32)33-16-4-5-17-34(33)38-35/h1-3,6-7,9-14,21-22,29-36H,4-5,8,15-20,23H2. The maximum absolute atomic E-state index is 3.20. The first kappa shape index (κ1) is 23.8. The van der Waals surface area contributed by atoms with E-state index in [9.17, 15) is 0 Å². The van der Waals surface area contributed by atoms with Crippen molar-refractivity contribution in [1.29, 1.82) is 0 Å². The van der Waals surface area contributed by atoms with E-state index in [0.29, 0.717) is 0 Å². The van der Waals surface area contributed by atoms with Gasteiger partial charge < -0.3 is 0 Å². The first-order chi connectivity index (χ1) is 18.8. The van der Waals surface area contributed by atoms with Gasteiger partial charge in [0, 0.05) is 28.6 Å². The lowest BCUT2D eigenvalue weighted by Gasteiger charge is -2.53. The zero-order valence-electron chi connectivity index (χ0n) is 22.6. The average molecular weight is 520 g/mol. The van der Waals surface area contributed by atoms with Gasteiger partial charge in [-0.1, -0.05) is 92.1 Å². The van der Waals surface area contributed by atoms with E-state index in [0.717, 1.165) is 46.4 Å². The van der Waals surface area contributed by atoms with Gasteiger partial charge >= 0.3 is 0 Å². The van der Waals surface area contributed by atoms with Crippen molar-refractivity contribution < 1.29 is 0 Å². The normalized spacial score (nSPS) is 36.2. The summed E-state index contributed by atoms with van der Waals surface area (Å²) in [6, 6.07) is 32.2. The van der Waals surface area contributed by atoms with Crippen molar-refractivity contribution in [2.45, 2.75) is 98.8 Å². The molecule has 2 heteroatoms. The molecule has 5 aliphatic rings. The van der Waals surface area contributed by atoms with E-state index in [1.54, 1.807) is 5.56 Å².